The monoisotopic (exact) mass is 229 g/mol. The normalized spacial score (nSPS) is 17.0. The van der Waals surface area contributed by atoms with Gasteiger partial charge in [-0.3, -0.25) is 9.69 Å². The highest BCUT2D eigenvalue weighted by molar-refractivity contribution is 5.79. The van der Waals surface area contributed by atoms with Crippen LogP contribution in [0.15, 0.2) is 0 Å². The number of nitrogens with one attached hydrogen (secondary N) is 1. The standard InChI is InChI=1S/C10H19N3O3/c14-9(1-2-10(15)16)12-5-8-13-6-3-11-4-7-13/h11H,1-8H2,(H,12,14)(H,15,16). The number of aliphatic carboxylic acids is 1. The average Bonchev–Trinajstić information content (AvgIpc) is 2.28. The third kappa shape index (κ3) is 5.67. The van der Waals surface area contributed by atoms with Crippen LogP contribution < -0.4 is 15.7 Å². The third-order valence-corrected chi connectivity index (χ3v) is 2.61. The zero-order chi connectivity index (χ0) is 11.8. The Bertz CT molecular complexity index is 239. The molecule has 0 aliphatic carbocycles. The van der Waals surface area contributed by atoms with Gasteiger partial charge in [0.2, 0.25) is 5.91 Å². The van der Waals surface area contributed by atoms with Crippen molar-refractivity contribution in [2.45, 2.75) is 12.8 Å². The van der Waals surface area contributed by atoms with Gasteiger partial charge >= 0.3 is 0 Å². The molecule has 0 spiro atoms. The van der Waals surface area contributed by atoms with Crippen molar-refractivity contribution in [3.8, 4) is 0 Å². The van der Waals surface area contributed by atoms with Gasteiger partial charge in [-0.25, -0.2) is 0 Å². The number of carbonyl (C=O) groups is 2. The molecule has 1 fully saturated rings. The highest BCUT2D eigenvalue weighted by Crippen LogP contribution is 1.89. The first-order valence-electron chi connectivity index (χ1n) is 5.69. The van der Waals surface area contributed by atoms with E-state index in [0.717, 1.165) is 32.7 Å². The van der Waals surface area contributed by atoms with Crippen molar-refractivity contribution in [1.82, 2.24) is 10.2 Å². The van der Waals surface area contributed by atoms with Crippen LogP contribution in [0.2, 0.25) is 0 Å². The molecule has 1 aliphatic heterocycles. The molecule has 1 heterocycles. The van der Waals surface area contributed by atoms with Gasteiger partial charge in [-0.1, -0.05) is 0 Å². The molecule has 0 bridgehead atoms. The number of carboxylic acids is 1. The summed E-state index contributed by atoms with van der Waals surface area (Å²) in [6, 6.07) is 0. The largest absolute Gasteiger partial charge is 0.550 e. The zero-order valence-electron chi connectivity index (χ0n) is 9.41. The van der Waals surface area contributed by atoms with Crippen LogP contribution in [0.4, 0.5) is 0 Å². The van der Waals surface area contributed by atoms with Gasteiger partial charge in [0.05, 0.1) is 13.1 Å². The van der Waals surface area contributed by atoms with E-state index in [1.807, 2.05) is 0 Å². The quantitative estimate of drug-likeness (QED) is 0.495. The number of carboxylic acid groups (broad SMARTS) is 1. The van der Waals surface area contributed by atoms with Crippen molar-refractivity contribution in [1.29, 1.82) is 0 Å². The van der Waals surface area contributed by atoms with E-state index in [1.165, 1.54) is 0 Å². The molecule has 0 aromatic carbocycles. The van der Waals surface area contributed by atoms with Crippen LogP contribution in [0.3, 0.4) is 0 Å². The lowest BCUT2D eigenvalue weighted by Gasteiger charge is -2.24. The molecular weight excluding hydrogens is 210 g/mol. The number of hydrogen-bond acceptors (Lipinski definition) is 4. The summed E-state index contributed by atoms with van der Waals surface area (Å²) in [5.41, 5.74) is 0. The minimum atomic E-state index is -1.18. The van der Waals surface area contributed by atoms with Crippen LogP contribution in [0.1, 0.15) is 12.8 Å². The summed E-state index contributed by atoms with van der Waals surface area (Å²) in [7, 11) is 0. The maximum atomic E-state index is 11.2. The van der Waals surface area contributed by atoms with Crippen molar-refractivity contribution in [2.75, 3.05) is 39.3 Å². The molecule has 1 rings (SSSR count). The fourth-order valence-corrected chi connectivity index (χ4v) is 1.68. The minimum absolute atomic E-state index is 0.0100. The Kier molecular flexibility index (Phi) is 5.81. The molecule has 6 heteroatoms. The van der Waals surface area contributed by atoms with Crippen molar-refractivity contribution < 1.29 is 20.0 Å². The highest BCUT2D eigenvalue weighted by atomic mass is 16.4. The van der Waals surface area contributed by atoms with Gasteiger partial charge in [0, 0.05) is 38.6 Å². The molecule has 1 aliphatic rings. The molecule has 0 unspecified atom stereocenters. The molecule has 1 saturated heterocycles. The van der Waals surface area contributed by atoms with Crippen LogP contribution in [0, 0.1) is 0 Å². The second kappa shape index (κ2) is 7.19. The van der Waals surface area contributed by atoms with Crippen LogP contribution in [-0.2, 0) is 9.59 Å². The molecule has 0 aromatic rings. The summed E-state index contributed by atoms with van der Waals surface area (Å²) in [4.78, 5) is 23.6. The maximum absolute atomic E-state index is 11.2. The van der Waals surface area contributed by atoms with Crippen molar-refractivity contribution in [2.24, 2.45) is 0 Å². The second-order valence-electron chi connectivity index (χ2n) is 3.93. The summed E-state index contributed by atoms with van der Waals surface area (Å²) in [5.74, 6) is -1.39. The van der Waals surface area contributed by atoms with Gasteiger partial charge in [0.15, 0.2) is 0 Å². The zero-order valence-corrected chi connectivity index (χ0v) is 9.41. The molecule has 0 radical (unpaired) electrons. The van der Waals surface area contributed by atoms with E-state index in [4.69, 9.17) is 0 Å². The third-order valence-electron chi connectivity index (χ3n) is 2.61. The van der Waals surface area contributed by atoms with Crippen LogP contribution in [-0.4, -0.2) is 56.0 Å². The molecule has 3 N–H and O–H groups in total. The van der Waals surface area contributed by atoms with Gasteiger partial charge < -0.3 is 20.5 Å². The van der Waals surface area contributed by atoms with E-state index >= 15 is 0 Å². The van der Waals surface area contributed by atoms with E-state index in [2.05, 4.69) is 15.5 Å². The van der Waals surface area contributed by atoms with Gasteiger partial charge in [-0.05, 0) is 6.42 Å². The molecule has 16 heavy (non-hydrogen) atoms. The molecule has 6 nitrogen and oxygen atoms in total. The maximum Gasteiger partial charge on any atom is 0.220 e. The number of carbonyl (C=O) groups excluding carboxylic acids is 2. The number of rotatable bonds is 6. The number of piperazine rings is 1. The lowest BCUT2D eigenvalue weighted by Crippen LogP contribution is -2.89. The van der Waals surface area contributed by atoms with Crippen LogP contribution in [0.5, 0.6) is 0 Å². The van der Waals surface area contributed by atoms with Crippen molar-refractivity contribution in [3.63, 3.8) is 0 Å². The number of quaternary nitrogens is 1. The molecule has 0 aromatic heterocycles. The number of nitrogens with two attached hydrogens (primary N) is 1. The summed E-state index contributed by atoms with van der Waals surface area (Å²) in [5, 5.41) is 15.1. The summed E-state index contributed by atoms with van der Waals surface area (Å²) < 4.78 is 0. The van der Waals surface area contributed by atoms with E-state index in [1.54, 1.807) is 0 Å². The van der Waals surface area contributed by atoms with Gasteiger partial charge in [-0.15, -0.1) is 0 Å². The number of amides is 1. The van der Waals surface area contributed by atoms with Crippen molar-refractivity contribution in [3.05, 3.63) is 0 Å². The molecule has 92 valence electrons. The molecule has 0 atom stereocenters. The first kappa shape index (κ1) is 12.9. The Labute approximate surface area is 95.0 Å². The second-order valence-corrected chi connectivity index (χ2v) is 3.93. The van der Waals surface area contributed by atoms with Crippen LogP contribution in [0.25, 0.3) is 0 Å². The van der Waals surface area contributed by atoms with Gasteiger partial charge in [-0.2, -0.15) is 0 Å². The minimum Gasteiger partial charge on any atom is -0.550 e. The Morgan fingerprint density at radius 1 is 1.25 bits per heavy atom. The number of nitrogens with zero attached hydrogens (tertiary/aromatic N) is 1. The Balaban J connectivity index is 2.01. The summed E-state index contributed by atoms with van der Waals surface area (Å²) >= 11 is 0. The van der Waals surface area contributed by atoms with Gasteiger partial charge in [0.25, 0.3) is 0 Å². The van der Waals surface area contributed by atoms with E-state index in [-0.39, 0.29) is 18.7 Å². The topological polar surface area (TPSA) is 89.1 Å². The lowest BCUT2D eigenvalue weighted by molar-refractivity contribution is -0.663. The summed E-state index contributed by atoms with van der Waals surface area (Å²) in [6.07, 6.45) is -0.194. The summed E-state index contributed by atoms with van der Waals surface area (Å²) in [6.45, 7) is 5.75. The highest BCUT2D eigenvalue weighted by Gasteiger charge is 2.11. The Hall–Kier alpha value is -1.14. The van der Waals surface area contributed by atoms with E-state index in [9.17, 15) is 14.7 Å². The SMILES string of the molecule is O=C([O-])CCC(=O)NCCN1CC[NH2+]CC1. The molecular formula is C10H19N3O3. The first-order valence-corrected chi connectivity index (χ1v) is 5.69. The van der Waals surface area contributed by atoms with E-state index < -0.39 is 5.97 Å². The lowest BCUT2D eigenvalue weighted by atomic mass is 10.3. The van der Waals surface area contributed by atoms with Gasteiger partial charge in [0.1, 0.15) is 0 Å². The first-order chi connectivity index (χ1) is 7.68. The molecule has 0 saturated carbocycles. The smallest absolute Gasteiger partial charge is 0.220 e. The number of hydrogen-bond donors (Lipinski definition) is 2. The molecule has 1 amide bonds. The fraction of sp³-hybridized carbons (Fsp3) is 0.800. The Morgan fingerprint density at radius 3 is 2.56 bits per heavy atom. The predicted molar refractivity (Wildman–Crippen MR) is 55.4 cm³/mol. The predicted octanol–water partition coefficient (Wildman–Crippen LogP) is -3.49. The Morgan fingerprint density at radius 2 is 1.94 bits per heavy atom. The fourth-order valence-electron chi connectivity index (χ4n) is 1.68. The van der Waals surface area contributed by atoms with Crippen molar-refractivity contribution >= 4 is 11.9 Å². The van der Waals surface area contributed by atoms with Crippen LogP contribution >= 0.6 is 0 Å². The average molecular weight is 229 g/mol. The van der Waals surface area contributed by atoms with E-state index in [0.29, 0.717) is 6.54 Å².